The maximum absolute atomic E-state index is 12.5. The van der Waals surface area contributed by atoms with Crippen molar-refractivity contribution in [2.75, 3.05) is 0 Å². The standard InChI is InChI=1S/C8H13FO/c1-4-6(3)8(10)7(9)5-2/h5-6H,4H2,1-3H3/b7-5-. The number of Topliss-reactive ketones (excluding diaryl/α,β-unsaturated/α-hetero) is 1. The van der Waals surface area contributed by atoms with Gasteiger partial charge in [-0.1, -0.05) is 13.8 Å². The Balaban J connectivity index is 4.08. The second kappa shape index (κ2) is 4.20. The number of hydrogen-bond acceptors (Lipinski definition) is 1. The van der Waals surface area contributed by atoms with Gasteiger partial charge >= 0.3 is 0 Å². The van der Waals surface area contributed by atoms with Gasteiger partial charge in [0.2, 0.25) is 0 Å². The number of carbonyl (C=O) groups is 1. The lowest BCUT2D eigenvalue weighted by Gasteiger charge is -2.03. The molecule has 0 spiro atoms. The highest BCUT2D eigenvalue weighted by atomic mass is 19.1. The topological polar surface area (TPSA) is 17.1 Å². The monoisotopic (exact) mass is 144 g/mol. The Morgan fingerprint density at radius 2 is 2.20 bits per heavy atom. The van der Waals surface area contributed by atoms with E-state index in [0.717, 1.165) is 0 Å². The Labute approximate surface area is 60.9 Å². The first-order chi connectivity index (χ1) is 4.63. The zero-order chi connectivity index (χ0) is 8.15. The third-order valence-electron chi connectivity index (χ3n) is 1.55. The summed E-state index contributed by atoms with van der Waals surface area (Å²) in [5.41, 5.74) is 0. The van der Waals surface area contributed by atoms with E-state index in [4.69, 9.17) is 0 Å². The Kier molecular flexibility index (Phi) is 3.93. The van der Waals surface area contributed by atoms with Crippen LogP contribution in [0.25, 0.3) is 0 Å². The molecule has 0 aliphatic rings. The lowest BCUT2D eigenvalue weighted by Crippen LogP contribution is -2.09. The Hall–Kier alpha value is -0.660. The number of allylic oxidation sites excluding steroid dienone is 2. The van der Waals surface area contributed by atoms with Crippen LogP contribution in [0.4, 0.5) is 4.39 Å². The molecule has 0 aromatic heterocycles. The summed E-state index contributed by atoms with van der Waals surface area (Å²) in [7, 11) is 0. The zero-order valence-electron chi connectivity index (χ0n) is 6.65. The van der Waals surface area contributed by atoms with Crippen molar-refractivity contribution in [1.29, 1.82) is 0 Å². The number of hydrogen-bond donors (Lipinski definition) is 0. The van der Waals surface area contributed by atoms with E-state index in [1.807, 2.05) is 6.92 Å². The molecular weight excluding hydrogens is 131 g/mol. The van der Waals surface area contributed by atoms with Crippen molar-refractivity contribution < 1.29 is 9.18 Å². The van der Waals surface area contributed by atoms with Crippen LogP contribution in [0.3, 0.4) is 0 Å². The van der Waals surface area contributed by atoms with Gasteiger partial charge in [-0.15, -0.1) is 0 Å². The lowest BCUT2D eigenvalue weighted by atomic mass is 10.0. The first kappa shape index (κ1) is 9.34. The predicted octanol–water partition coefficient (Wildman–Crippen LogP) is 2.47. The van der Waals surface area contributed by atoms with Gasteiger partial charge < -0.3 is 0 Å². The molecule has 0 radical (unpaired) electrons. The van der Waals surface area contributed by atoms with Gasteiger partial charge in [0.05, 0.1) is 0 Å². The molecule has 0 saturated heterocycles. The zero-order valence-corrected chi connectivity index (χ0v) is 6.65. The van der Waals surface area contributed by atoms with E-state index < -0.39 is 5.83 Å². The quantitative estimate of drug-likeness (QED) is 0.556. The first-order valence-corrected chi connectivity index (χ1v) is 3.49. The summed E-state index contributed by atoms with van der Waals surface area (Å²) in [5, 5.41) is 0. The fourth-order valence-electron chi connectivity index (χ4n) is 0.563. The summed E-state index contributed by atoms with van der Waals surface area (Å²) in [5.74, 6) is -1.18. The van der Waals surface area contributed by atoms with Crippen molar-refractivity contribution in [3.05, 3.63) is 11.9 Å². The highest BCUT2D eigenvalue weighted by molar-refractivity contribution is 5.94. The van der Waals surface area contributed by atoms with Gasteiger partial charge in [0.25, 0.3) is 0 Å². The molecule has 0 aromatic rings. The van der Waals surface area contributed by atoms with E-state index in [1.54, 1.807) is 6.92 Å². The van der Waals surface area contributed by atoms with Crippen molar-refractivity contribution in [2.24, 2.45) is 5.92 Å². The second-order valence-corrected chi connectivity index (χ2v) is 2.31. The Morgan fingerprint density at radius 3 is 2.50 bits per heavy atom. The fraction of sp³-hybridized carbons (Fsp3) is 0.625. The van der Waals surface area contributed by atoms with E-state index in [2.05, 4.69) is 0 Å². The summed E-state index contributed by atoms with van der Waals surface area (Å²) in [6.07, 6.45) is 1.90. The van der Waals surface area contributed by atoms with Gasteiger partial charge in [-0.2, -0.15) is 0 Å². The minimum absolute atomic E-state index is 0.184. The lowest BCUT2D eigenvalue weighted by molar-refractivity contribution is -0.120. The van der Waals surface area contributed by atoms with E-state index in [9.17, 15) is 9.18 Å². The molecule has 1 atom stereocenters. The molecule has 0 fully saturated rings. The molecule has 0 bridgehead atoms. The molecule has 1 unspecified atom stereocenters. The van der Waals surface area contributed by atoms with Crippen molar-refractivity contribution in [3.63, 3.8) is 0 Å². The molecule has 0 aliphatic heterocycles. The number of ketones is 1. The first-order valence-electron chi connectivity index (χ1n) is 3.49. The predicted molar refractivity (Wildman–Crippen MR) is 39.3 cm³/mol. The molecule has 0 saturated carbocycles. The van der Waals surface area contributed by atoms with Gasteiger partial charge in [0.15, 0.2) is 11.6 Å². The van der Waals surface area contributed by atoms with E-state index in [0.29, 0.717) is 6.42 Å². The highest BCUT2D eigenvalue weighted by Gasteiger charge is 2.14. The largest absolute Gasteiger partial charge is 0.291 e. The molecule has 0 heterocycles. The SMILES string of the molecule is C/C=C(\F)C(=O)C(C)CC. The average molecular weight is 144 g/mol. The summed E-state index contributed by atoms with van der Waals surface area (Å²) in [6.45, 7) is 5.12. The molecule has 0 rings (SSSR count). The third kappa shape index (κ3) is 2.29. The fourth-order valence-corrected chi connectivity index (χ4v) is 0.563. The molecule has 0 amide bonds. The molecule has 0 aliphatic carbocycles. The number of rotatable bonds is 3. The van der Waals surface area contributed by atoms with Gasteiger partial charge in [-0.25, -0.2) is 4.39 Å². The molecule has 1 nitrogen and oxygen atoms in total. The van der Waals surface area contributed by atoms with E-state index >= 15 is 0 Å². The van der Waals surface area contributed by atoms with Crippen molar-refractivity contribution in [1.82, 2.24) is 0 Å². The van der Waals surface area contributed by atoms with Crippen LogP contribution in [0.5, 0.6) is 0 Å². The Morgan fingerprint density at radius 1 is 1.70 bits per heavy atom. The van der Waals surface area contributed by atoms with Crippen LogP contribution in [0.2, 0.25) is 0 Å². The van der Waals surface area contributed by atoms with Crippen molar-refractivity contribution in [2.45, 2.75) is 27.2 Å². The van der Waals surface area contributed by atoms with Crippen LogP contribution in [0, 0.1) is 5.92 Å². The van der Waals surface area contributed by atoms with Crippen LogP contribution >= 0.6 is 0 Å². The molecule has 0 N–H and O–H groups in total. The molecular formula is C8H13FO. The van der Waals surface area contributed by atoms with Crippen LogP contribution in [-0.2, 0) is 4.79 Å². The molecule has 58 valence electrons. The van der Waals surface area contributed by atoms with Crippen molar-refractivity contribution >= 4 is 5.78 Å². The maximum Gasteiger partial charge on any atom is 0.193 e. The minimum atomic E-state index is -0.616. The van der Waals surface area contributed by atoms with Gasteiger partial charge in [-0.3, -0.25) is 4.79 Å². The van der Waals surface area contributed by atoms with Crippen LogP contribution in [0.15, 0.2) is 11.9 Å². The van der Waals surface area contributed by atoms with Crippen molar-refractivity contribution in [3.8, 4) is 0 Å². The average Bonchev–Trinajstić information content (AvgIpc) is 2.00. The van der Waals surface area contributed by atoms with Gasteiger partial charge in [0.1, 0.15) is 0 Å². The number of halogens is 1. The third-order valence-corrected chi connectivity index (χ3v) is 1.55. The summed E-state index contributed by atoms with van der Waals surface area (Å²) in [6, 6.07) is 0. The van der Waals surface area contributed by atoms with Crippen LogP contribution in [-0.4, -0.2) is 5.78 Å². The van der Waals surface area contributed by atoms with Gasteiger partial charge in [0, 0.05) is 5.92 Å². The van der Waals surface area contributed by atoms with E-state index in [-0.39, 0.29) is 11.7 Å². The molecule has 0 aromatic carbocycles. The second-order valence-electron chi connectivity index (χ2n) is 2.31. The molecule has 2 heteroatoms. The van der Waals surface area contributed by atoms with E-state index in [1.165, 1.54) is 13.0 Å². The van der Waals surface area contributed by atoms with Crippen LogP contribution < -0.4 is 0 Å². The minimum Gasteiger partial charge on any atom is -0.291 e. The van der Waals surface area contributed by atoms with Crippen LogP contribution in [0.1, 0.15) is 27.2 Å². The number of carbonyl (C=O) groups excluding carboxylic acids is 1. The molecule has 10 heavy (non-hydrogen) atoms. The Bertz CT molecular complexity index is 149. The maximum atomic E-state index is 12.5. The smallest absolute Gasteiger partial charge is 0.193 e. The van der Waals surface area contributed by atoms with Gasteiger partial charge in [-0.05, 0) is 19.4 Å². The normalized spacial score (nSPS) is 15.0. The highest BCUT2D eigenvalue weighted by Crippen LogP contribution is 2.10. The summed E-state index contributed by atoms with van der Waals surface area (Å²) < 4.78 is 12.5. The summed E-state index contributed by atoms with van der Waals surface area (Å²) >= 11 is 0. The summed E-state index contributed by atoms with van der Waals surface area (Å²) in [4.78, 5) is 10.9.